The molecule has 0 saturated carbocycles. The minimum absolute atomic E-state index is 0.143. The van der Waals surface area contributed by atoms with E-state index >= 15 is 0 Å². The van der Waals surface area contributed by atoms with Crippen LogP contribution in [0.15, 0.2) is 36.5 Å². The molecule has 2 rings (SSSR count). The molecule has 3 N–H and O–H groups in total. The zero-order valence-electron chi connectivity index (χ0n) is 11.9. The van der Waals surface area contributed by atoms with Gasteiger partial charge in [0.1, 0.15) is 0 Å². The molecule has 0 amide bonds. The van der Waals surface area contributed by atoms with E-state index in [4.69, 9.17) is 17.4 Å². The first-order chi connectivity index (χ1) is 9.58. The summed E-state index contributed by atoms with van der Waals surface area (Å²) in [6.45, 7) is 4.23. The molecule has 0 aliphatic carbocycles. The van der Waals surface area contributed by atoms with Crippen LogP contribution in [0.4, 0.5) is 0 Å². The SMILES string of the molecule is CC(C)n1ccc(CC(Cc2cccc(Cl)c2)NN)n1. The standard InChI is InChI=1S/C15H21ClN4/c1-11(2)20-7-6-14(19-20)10-15(18-17)9-12-4-3-5-13(16)8-12/h3-8,11,15,18H,9-10,17H2,1-2H3. The summed E-state index contributed by atoms with van der Waals surface area (Å²) >= 11 is 6.00. The maximum Gasteiger partial charge on any atom is 0.0640 e. The quantitative estimate of drug-likeness (QED) is 0.636. The van der Waals surface area contributed by atoms with Gasteiger partial charge in [-0.25, -0.2) is 0 Å². The van der Waals surface area contributed by atoms with Crippen molar-refractivity contribution in [2.24, 2.45) is 5.84 Å². The molecule has 1 heterocycles. The fourth-order valence-electron chi connectivity index (χ4n) is 2.16. The van der Waals surface area contributed by atoms with E-state index < -0.39 is 0 Å². The molecule has 0 saturated heterocycles. The summed E-state index contributed by atoms with van der Waals surface area (Å²) in [7, 11) is 0. The molecule has 0 fully saturated rings. The number of rotatable bonds is 6. The first-order valence-corrected chi connectivity index (χ1v) is 7.21. The van der Waals surface area contributed by atoms with Gasteiger partial charge in [-0.3, -0.25) is 16.0 Å². The van der Waals surface area contributed by atoms with Crippen molar-refractivity contribution in [2.45, 2.75) is 38.8 Å². The van der Waals surface area contributed by atoms with Crippen LogP contribution >= 0.6 is 11.6 Å². The number of halogens is 1. The Morgan fingerprint density at radius 3 is 2.70 bits per heavy atom. The lowest BCUT2D eigenvalue weighted by Gasteiger charge is -2.15. The van der Waals surface area contributed by atoms with Gasteiger partial charge in [0.15, 0.2) is 0 Å². The first kappa shape index (κ1) is 15.0. The second kappa shape index (κ2) is 6.88. The number of nitrogens with zero attached hydrogens (tertiary/aromatic N) is 2. The molecular formula is C15H21ClN4. The zero-order chi connectivity index (χ0) is 14.5. The van der Waals surface area contributed by atoms with Crippen LogP contribution in [0.1, 0.15) is 31.1 Å². The highest BCUT2D eigenvalue weighted by Crippen LogP contribution is 2.14. The summed E-state index contributed by atoms with van der Waals surface area (Å²) in [4.78, 5) is 0. The molecule has 1 atom stereocenters. The number of hydrogen-bond donors (Lipinski definition) is 2. The molecular weight excluding hydrogens is 272 g/mol. The minimum Gasteiger partial charge on any atom is -0.271 e. The average Bonchev–Trinajstić information content (AvgIpc) is 2.87. The Labute approximate surface area is 124 Å². The number of aromatic nitrogens is 2. The summed E-state index contributed by atoms with van der Waals surface area (Å²) in [6, 6.07) is 10.4. The van der Waals surface area contributed by atoms with E-state index in [-0.39, 0.29) is 6.04 Å². The van der Waals surface area contributed by atoms with Crippen LogP contribution in [-0.4, -0.2) is 15.8 Å². The molecule has 1 aromatic heterocycles. The van der Waals surface area contributed by atoms with Crippen molar-refractivity contribution in [1.82, 2.24) is 15.2 Å². The Balaban J connectivity index is 2.01. The predicted octanol–water partition coefficient (Wildman–Crippen LogP) is 2.73. The van der Waals surface area contributed by atoms with Crippen molar-refractivity contribution in [3.8, 4) is 0 Å². The molecule has 1 unspecified atom stereocenters. The molecule has 0 aliphatic heterocycles. The van der Waals surface area contributed by atoms with Gasteiger partial charge in [-0.15, -0.1) is 0 Å². The van der Waals surface area contributed by atoms with E-state index in [9.17, 15) is 0 Å². The van der Waals surface area contributed by atoms with Crippen molar-refractivity contribution in [3.05, 3.63) is 52.8 Å². The smallest absolute Gasteiger partial charge is 0.0640 e. The lowest BCUT2D eigenvalue weighted by Crippen LogP contribution is -2.38. The van der Waals surface area contributed by atoms with Crippen molar-refractivity contribution in [3.63, 3.8) is 0 Å². The first-order valence-electron chi connectivity index (χ1n) is 6.83. The second-order valence-electron chi connectivity index (χ2n) is 5.28. The van der Waals surface area contributed by atoms with Gasteiger partial charge in [0.25, 0.3) is 0 Å². The van der Waals surface area contributed by atoms with Gasteiger partial charge in [-0.1, -0.05) is 23.7 Å². The molecule has 4 nitrogen and oxygen atoms in total. The van der Waals surface area contributed by atoms with Gasteiger partial charge >= 0.3 is 0 Å². The predicted molar refractivity (Wildman–Crippen MR) is 82.6 cm³/mol. The number of hydrazine groups is 1. The van der Waals surface area contributed by atoms with Crippen molar-refractivity contribution in [1.29, 1.82) is 0 Å². The Morgan fingerprint density at radius 1 is 1.30 bits per heavy atom. The fourth-order valence-corrected chi connectivity index (χ4v) is 2.38. The normalized spacial score (nSPS) is 12.8. The third-order valence-corrected chi connectivity index (χ3v) is 3.49. The summed E-state index contributed by atoms with van der Waals surface area (Å²) in [6.07, 6.45) is 3.63. The van der Waals surface area contributed by atoms with Crippen molar-refractivity contribution in [2.75, 3.05) is 0 Å². The topological polar surface area (TPSA) is 55.9 Å². The Kier molecular flexibility index (Phi) is 5.17. The molecule has 1 aromatic carbocycles. The van der Waals surface area contributed by atoms with Crippen LogP contribution in [-0.2, 0) is 12.8 Å². The van der Waals surface area contributed by atoms with Crippen molar-refractivity contribution >= 4 is 11.6 Å². The van der Waals surface area contributed by atoms with E-state index in [1.54, 1.807) is 0 Å². The van der Waals surface area contributed by atoms with Crippen LogP contribution in [0.5, 0.6) is 0 Å². The average molecular weight is 293 g/mol. The van der Waals surface area contributed by atoms with Crippen LogP contribution in [0.3, 0.4) is 0 Å². The van der Waals surface area contributed by atoms with Gasteiger partial charge in [-0.2, -0.15) is 5.10 Å². The number of nitrogens with two attached hydrogens (primary N) is 1. The van der Waals surface area contributed by atoms with E-state index in [0.29, 0.717) is 6.04 Å². The largest absolute Gasteiger partial charge is 0.271 e. The second-order valence-corrected chi connectivity index (χ2v) is 5.72. The number of nitrogens with one attached hydrogen (secondary N) is 1. The van der Waals surface area contributed by atoms with Crippen LogP contribution in [0.25, 0.3) is 0 Å². The van der Waals surface area contributed by atoms with Crippen LogP contribution in [0, 0.1) is 0 Å². The van der Waals surface area contributed by atoms with Gasteiger partial charge < -0.3 is 0 Å². The van der Waals surface area contributed by atoms with E-state index in [0.717, 1.165) is 23.6 Å². The molecule has 0 bridgehead atoms. The number of hydrogen-bond acceptors (Lipinski definition) is 3. The summed E-state index contributed by atoms with van der Waals surface area (Å²) in [5, 5.41) is 5.30. The molecule has 0 aliphatic rings. The van der Waals surface area contributed by atoms with Crippen LogP contribution < -0.4 is 11.3 Å². The van der Waals surface area contributed by atoms with E-state index in [1.165, 1.54) is 5.56 Å². The third-order valence-electron chi connectivity index (χ3n) is 3.26. The Morgan fingerprint density at radius 2 is 2.10 bits per heavy atom. The highest BCUT2D eigenvalue weighted by molar-refractivity contribution is 6.30. The number of benzene rings is 1. The van der Waals surface area contributed by atoms with E-state index in [1.807, 2.05) is 35.1 Å². The van der Waals surface area contributed by atoms with E-state index in [2.05, 4.69) is 30.4 Å². The molecule has 0 spiro atoms. The van der Waals surface area contributed by atoms with Gasteiger partial charge in [-0.05, 0) is 44.0 Å². The maximum absolute atomic E-state index is 6.00. The summed E-state index contributed by atoms with van der Waals surface area (Å²) in [5.41, 5.74) is 5.08. The minimum atomic E-state index is 0.143. The van der Waals surface area contributed by atoms with Gasteiger partial charge in [0.2, 0.25) is 0 Å². The maximum atomic E-state index is 6.00. The summed E-state index contributed by atoms with van der Waals surface area (Å²) < 4.78 is 1.96. The lowest BCUT2D eigenvalue weighted by atomic mass is 10.0. The molecule has 0 radical (unpaired) electrons. The monoisotopic (exact) mass is 292 g/mol. The zero-order valence-corrected chi connectivity index (χ0v) is 12.6. The molecule has 108 valence electrons. The fraction of sp³-hybridized carbons (Fsp3) is 0.400. The van der Waals surface area contributed by atoms with Gasteiger partial charge in [0, 0.05) is 29.7 Å². The van der Waals surface area contributed by atoms with Gasteiger partial charge in [0.05, 0.1) is 5.69 Å². The van der Waals surface area contributed by atoms with Crippen molar-refractivity contribution < 1.29 is 0 Å². The third kappa shape index (κ3) is 4.07. The van der Waals surface area contributed by atoms with Crippen LogP contribution in [0.2, 0.25) is 5.02 Å². The Bertz CT molecular complexity index is 550. The highest BCUT2D eigenvalue weighted by Gasteiger charge is 2.11. The molecule has 20 heavy (non-hydrogen) atoms. The lowest BCUT2D eigenvalue weighted by molar-refractivity contribution is 0.495. The molecule has 5 heteroatoms. The summed E-state index contributed by atoms with van der Waals surface area (Å²) in [5.74, 6) is 5.66. The Hall–Kier alpha value is -1.36. The highest BCUT2D eigenvalue weighted by atomic mass is 35.5. The molecule has 2 aromatic rings.